The molecule has 0 aliphatic rings. The molecule has 3 amide bonds. The summed E-state index contributed by atoms with van der Waals surface area (Å²) in [6.07, 6.45) is 0. The lowest BCUT2D eigenvalue weighted by Crippen LogP contribution is -2.52. The van der Waals surface area contributed by atoms with E-state index in [1.165, 1.54) is 43.3 Å². The summed E-state index contributed by atoms with van der Waals surface area (Å²) in [5, 5.41) is 2.56. The molecule has 0 saturated carbocycles. The van der Waals surface area contributed by atoms with Crippen LogP contribution < -0.4 is 25.6 Å². The van der Waals surface area contributed by atoms with Crippen LogP contribution in [0.3, 0.4) is 0 Å². The first-order valence-electron chi connectivity index (χ1n) is 10.6. The summed E-state index contributed by atoms with van der Waals surface area (Å²) in [7, 11) is -3.83. The fourth-order valence-electron chi connectivity index (χ4n) is 2.56. The number of benzene rings is 2. The molecule has 2 rings (SSSR count). The average Bonchev–Trinajstić information content (AvgIpc) is 2.77. The molecule has 10 nitrogen and oxygen atoms in total. The molecule has 11 heteroatoms. The molecule has 0 saturated heterocycles. The van der Waals surface area contributed by atoms with Crippen molar-refractivity contribution in [1.29, 1.82) is 0 Å². The van der Waals surface area contributed by atoms with Gasteiger partial charge in [-0.1, -0.05) is 20.8 Å². The number of hydrazine groups is 1. The lowest BCUT2D eigenvalue weighted by Gasteiger charge is -2.21. The van der Waals surface area contributed by atoms with E-state index in [0.29, 0.717) is 12.4 Å². The summed E-state index contributed by atoms with van der Waals surface area (Å²) in [4.78, 5) is 36.4. The predicted octanol–water partition coefficient (Wildman–Crippen LogP) is 2.20. The van der Waals surface area contributed by atoms with Crippen LogP contribution in [-0.4, -0.2) is 38.8 Å². The summed E-state index contributed by atoms with van der Waals surface area (Å²) in [6.45, 7) is 8.96. The highest BCUT2D eigenvalue weighted by molar-refractivity contribution is 7.92. The molecular weight excluding hydrogens is 460 g/mol. The first kappa shape index (κ1) is 26.7. The number of carbonyl (C=O) groups excluding carboxylic acids is 3. The molecule has 1 atom stereocenters. The van der Waals surface area contributed by atoms with Gasteiger partial charge in [0.05, 0.1) is 11.5 Å². The van der Waals surface area contributed by atoms with E-state index in [4.69, 9.17) is 4.74 Å². The van der Waals surface area contributed by atoms with Crippen molar-refractivity contribution in [2.24, 2.45) is 5.41 Å². The number of sulfonamides is 1. The number of anilines is 1. The lowest BCUT2D eigenvalue weighted by molar-refractivity contribution is -0.133. The van der Waals surface area contributed by atoms with E-state index in [9.17, 15) is 22.8 Å². The van der Waals surface area contributed by atoms with Crippen molar-refractivity contribution in [3.05, 3.63) is 54.1 Å². The molecule has 4 N–H and O–H groups in total. The van der Waals surface area contributed by atoms with E-state index in [2.05, 4.69) is 20.9 Å². The van der Waals surface area contributed by atoms with Gasteiger partial charge in [0.15, 0.2) is 0 Å². The van der Waals surface area contributed by atoms with Gasteiger partial charge in [0.1, 0.15) is 11.8 Å². The quantitative estimate of drug-likeness (QED) is 0.418. The van der Waals surface area contributed by atoms with Crippen LogP contribution in [0, 0.1) is 5.41 Å². The van der Waals surface area contributed by atoms with Crippen LogP contribution in [0.2, 0.25) is 0 Å². The molecule has 0 aliphatic heterocycles. The van der Waals surface area contributed by atoms with Gasteiger partial charge < -0.3 is 10.1 Å². The summed E-state index contributed by atoms with van der Waals surface area (Å²) in [5.41, 5.74) is 4.30. The highest BCUT2D eigenvalue weighted by Gasteiger charge is 2.25. The van der Waals surface area contributed by atoms with E-state index in [1.807, 2.05) is 6.92 Å². The number of nitrogens with one attached hydrogen (secondary N) is 4. The van der Waals surface area contributed by atoms with Crippen molar-refractivity contribution in [3.8, 4) is 5.75 Å². The minimum absolute atomic E-state index is 0.0631. The Bertz CT molecular complexity index is 1120. The zero-order valence-electron chi connectivity index (χ0n) is 19.8. The van der Waals surface area contributed by atoms with Gasteiger partial charge in [-0.15, -0.1) is 0 Å². The van der Waals surface area contributed by atoms with Crippen molar-refractivity contribution < 1.29 is 27.5 Å². The third kappa shape index (κ3) is 7.48. The molecule has 1 unspecified atom stereocenters. The number of amides is 3. The Balaban J connectivity index is 1.94. The van der Waals surface area contributed by atoms with Crippen LogP contribution >= 0.6 is 0 Å². The Morgan fingerprint density at radius 2 is 1.53 bits per heavy atom. The molecule has 0 bridgehead atoms. The Hall–Kier alpha value is -3.60. The van der Waals surface area contributed by atoms with Gasteiger partial charge >= 0.3 is 0 Å². The maximum absolute atomic E-state index is 12.6. The van der Waals surface area contributed by atoms with Gasteiger partial charge in [-0.2, -0.15) is 0 Å². The third-order valence-electron chi connectivity index (χ3n) is 4.57. The van der Waals surface area contributed by atoms with Crippen molar-refractivity contribution in [1.82, 2.24) is 16.2 Å². The number of hydrogen-bond acceptors (Lipinski definition) is 6. The van der Waals surface area contributed by atoms with Crippen molar-refractivity contribution >= 4 is 33.4 Å². The molecule has 0 spiro atoms. The summed E-state index contributed by atoms with van der Waals surface area (Å²) in [6, 6.07) is 10.8. The van der Waals surface area contributed by atoms with Gasteiger partial charge in [0.25, 0.3) is 21.8 Å². The number of ether oxygens (including phenoxy) is 1. The largest absolute Gasteiger partial charge is 0.494 e. The van der Waals surface area contributed by atoms with Gasteiger partial charge in [-0.05, 0) is 62.4 Å². The Labute approximate surface area is 199 Å². The van der Waals surface area contributed by atoms with E-state index < -0.39 is 33.3 Å². The summed E-state index contributed by atoms with van der Waals surface area (Å²) in [5.74, 6) is -0.936. The van der Waals surface area contributed by atoms with Crippen LogP contribution in [0.1, 0.15) is 45.0 Å². The molecule has 0 fully saturated rings. The van der Waals surface area contributed by atoms with Crippen LogP contribution in [0.4, 0.5) is 5.69 Å². The molecule has 0 aliphatic carbocycles. The van der Waals surface area contributed by atoms with E-state index >= 15 is 0 Å². The Morgan fingerprint density at radius 1 is 0.941 bits per heavy atom. The van der Waals surface area contributed by atoms with Crippen LogP contribution in [0.5, 0.6) is 5.75 Å². The van der Waals surface area contributed by atoms with Crippen molar-refractivity contribution in [2.75, 3.05) is 11.3 Å². The molecule has 184 valence electrons. The SMILES string of the molecule is CCOc1ccc(S(=O)(=O)Nc2ccc(C(=O)NNC(=O)C(C)NC(=O)C(C)(C)C)cc2)cc1. The standard InChI is InChI=1S/C23H30N4O6S/c1-6-33-18-11-13-19(14-12-18)34(31,32)27-17-9-7-16(8-10-17)21(29)26-25-20(28)15(2)24-22(30)23(3,4)5/h7-15,27H,6H2,1-5H3,(H,24,30)(H,25,28)(H,26,29). The normalized spacial score (nSPS) is 12.3. The van der Waals surface area contributed by atoms with E-state index in [0.717, 1.165) is 0 Å². The summed E-state index contributed by atoms with van der Waals surface area (Å²) < 4.78 is 32.9. The smallest absolute Gasteiger partial charge is 0.269 e. The minimum Gasteiger partial charge on any atom is -0.494 e. The second-order valence-corrected chi connectivity index (χ2v) is 10.2. The van der Waals surface area contributed by atoms with Crippen LogP contribution in [0.25, 0.3) is 0 Å². The van der Waals surface area contributed by atoms with Gasteiger partial charge in [0.2, 0.25) is 5.91 Å². The van der Waals surface area contributed by atoms with Gasteiger partial charge in [-0.3, -0.25) is 30.0 Å². The third-order valence-corrected chi connectivity index (χ3v) is 5.96. The fourth-order valence-corrected chi connectivity index (χ4v) is 3.62. The molecule has 34 heavy (non-hydrogen) atoms. The molecule has 2 aromatic carbocycles. The van der Waals surface area contributed by atoms with Gasteiger partial charge in [0, 0.05) is 16.7 Å². The zero-order valence-corrected chi connectivity index (χ0v) is 20.6. The predicted molar refractivity (Wildman–Crippen MR) is 128 cm³/mol. The Morgan fingerprint density at radius 3 is 2.06 bits per heavy atom. The number of carbonyl (C=O) groups is 3. The molecule has 0 aromatic heterocycles. The first-order valence-corrected chi connectivity index (χ1v) is 12.1. The average molecular weight is 491 g/mol. The number of hydrogen-bond donors (Lipinski definition) is 4. The first-order chi connectivity index (χ1) is 15.8. The van der Waals surface area contributed by atoms with Crippen LogP contribution in [-0.2, 0) is 19.6 Å². The molecule has 2 aromatic rings. The highest BCUT2D eigenvalue weighted by atomic mass is 32.2. The maximum atomic E-state index is 12.6. The van der Waals surface area contributed by atoms with E-state index in [-0.39, 0.29) is 22.1 Å². The molecule has 0 heterocycles. The van der Waals surface area contributed by atoms with Crippen molar-refractivity contribution in [2.45, 2.75) is 45.6 Å². The van der Waals surface area contributed by atoms with Crippen LogP contribution in [0.15, 0.2) is 53.4 Å². The highest BCUT2D eigenvalue weighted by Crippen LogP contribution is 2.20. The monoisotopic (exact) mass is 490 g/mol. The molecule has 0 radical (unpaired) electrons. The second-order valence-electron chi connectivity index (χ2n) is 8.48. The second kappa shape index (κ2) is 11.0. The lowest BCUT2D eigenvalue weighted by atomic mass is 9.95. The Kier molecular flexibility index (Phi) is 8.63. The molecular formula is C23H30N4O6S. The maximum Gasteiger partial charge on any atom is 0.269 e. The van der Waals surface area contributed by atoms with Gasteiger partial charge in [-0.25, -0.2) is 8.42 Å². The summed E-state index contributed by atoms with van der Waals surface area (Å²) >= 11 is 0. The fraction of sp³-hybridized carbons (Fsp3) is 0.348. The number of rotatable bonds is 8. The van der Waals surface area contributed by atoms with E-state index in [1.54, 1.807) is 32.9 Å². The zero-order chi connectivity index (χ0) is 25.5. The topological polar surface area (TPSA) is 143 Å². The van der Waals surface area contributed by atoms with Crippen molar-refractivity contribution in [3.63, 3.8) is 0 Å². The minimum atomic E-state index is -3.83.